The molecule has 1 aliphatic rings. The number of hydrogen-bond acceptors (Lipinski definition) is 2. The van der Waals surface area contributed by atoms with Crippen molar-refractivity contribution in [2.75, 3.05) is 6.54 Å². The second-order valence-electron chi connectivity index (χ2n) is 4.98. The van der Waals surface area contributed by atoms with Crippen LogP contribution in [0, 0.1) is 5.92 Å². The summed E-state index contributed by atoms with van der Waals surface area (Å²) in [5, 5.41) is 2.84. The zero-order valence-electron chi connectivity index (χ0n) is 10.8. The van der Waals surface area contributed by atoms with E-state index in [1.54, 1.807) is 18.7 Å². The van der Waals surface area contributed by atoms with Gasteiger partial charge in [-0.15, -0.1) is 0 Å². The minimum absolute atomic E-state index is 0.0430. The van der Waals surface area contributed by atoms with Crippen LogP contribution in [0.4, 0.5) is 0 Å². The summed E-state index contributed by atoms with van der Waals surface area (Å²) in [5.74, 6) is 0.169. The van der Waals surface area contributed by atoms with Crippen molar-refractivity contribution in [3.8, 4) is 0 Å². The van der Waals surface area contributed by atoms with Crippen molar-refractivity contribution < 1.29 is 9.59 Å². The first-order chi connectivity index (χ1) is 7.36. The fraction of sp³-hybridized carbons (Fsp3) is 0.833. The Morgan fingerprint density at radius 1 is 1.38 bits per heavy atom. The van der Waals surface area contributed by atoms with E-state index >= 15 is 0 Å². The van der Waals surface area contributed by atoms with Crippen molar-refractivity contribution in [3.63, 3.8) is 0 Å². The van der Waals surface area contributed by atoms with Crippen molar-refractivity contribution >= 4 is 11.8 Å². The predicted molar refractivity (Wildman–Crippen MR) is 62.9 cm³/mol. The zero-order valence-corrected chi connectivity index (χ0v) is 10.8. The Labute approximate surface area is 97.4 Å². The Bertz CT molecular complexity index is 299. The standard InChI is InChI=1S/C12H22N2O2/c1-6-8(3)9-10(15)14(7-2)12(4,5)11(16)13-9/h8-9H,6-7H2,1-5H3,(H,13,16). The number of piperazine rings is 1. The Kier molecular flexibility index (Phi) is 3.61. The van der Waals surface area contributed by atoms with Gasteiger partial charge in [0.2, 0.25) is 11.8 Å². The van der Waals surface area contributed by atoms with Gasteiger partial charge >= 0.3 is 0 Å². The van der Waals surface area contributed by atoms with Crippen molar-refractivity contribution in [2.24, 2.45) is 5.92 Å². The van der Waals surface area contributed by atoms with Crippen molar-refractivity contribution in [1.29, 1.82) is 0 Å². The van der Waals surface area contributed by atoms with Gasteiger partial charge in [-0.25, -0.2) is 0 Å². The molecule has 0 saturated carbocycles. The Balaban J connectivity index is 2.99. The first-order valence-corrected chi connectivity index (χ1v) is 5.98. The lowest BCUT2D eigenvalue weighted by Crippen LogP contribution is -2.69. The number of hydrogen-bond donors (Lipinski definition) is 1. The molecule has 16 heavy (non-hydrogen) atoms. The molecule has 4 nitrogen and oxygen atoms in total. The highest BCUT2D eigenvalue weighted by Crippen LogP contribution is 2.24. The molecular formula is C12H22N2O2. The Hall–Kier alpha value is -1.06. The van der Waals surface area contributed by atoms with Crippen molar-refractivity contribution in [2.45, 2.75) is 52.6 Å². The molecule has 0 aromatic rings. The molecule has 4 heteroatoms. The van der Waals surface area contributed by atoms with Crippen LogP contribution in [-0.4, -0.2) is 34.8 Å². The molecule has 0 aromatic carbocycles. The molecule has 0 aromatic heterocycles. The number of nitrogens with zero attached hydrogens (tertiary/aromatic N) is 1. The number of rotatable bonds is 3. The monoisotopic (exact) mass is 226 g/mol. The highest BCUT2D eigenvalue weighted by Gasteiger charge is 2.46. The van der Waals surface area contributed by atoms with Gasteiger partial charge in [0.15, 0.2) is 0 Å². The van der Waals surface area contributed by atoms with Gasteiger partial charge in [0.05, 0.1) is 0 Å². The number of nitrogens with one attached hydrogen (secondary N) is 1. The third kappa shape index (κ3) is 1.93. The summed E-state index contributed by atoms with van der Waals surface area (Å²) in [4.78, 5) is 25.9. The SMILES string of the molecule is CCC(C)C1NC(=O)C(C)(C)N(CC)C1=O. The first kappa shape index (κ1) is 13.0. The summed E-state index contributed by atoms with van der Waals surface area (Å²) in [6.07, 6.45) is 0.884. The summed E-state index contributed by atoms with van der Waals surface area (Å²) < 4.78 is 0. The number of carbonyl (C=O) groups excluding carboxylic acids is 2. The van der Waals surface area contributed by atoms with E-state index in [0.717, 1.165) is 6.42 Å². The molecule has 1 aliphatic heterocycles. The van der Waals surface area contributed by atoms with E-state index in [1.807, 2.05) is 20.8 Å². The van der Waals surface area contributed by atoms with E-state index in [0.29, 0.717) is 6.54 Å². The molecule has 1 fully saturated rings. The largest absolute Gasteiger partial charge is 0.342 e. The van der Waals surface area contributed by atoms with Gasteiger partial charge in [0.1, 0.15) is 11.6 Å². The molecule has 0 radical (unpaired) electrons. The highest BCUT2D eigenvalue weighted by molar-refractivity contribution is 5.99. The van der Waals surface area contributed by atoms with E-state index in [1.165, 1.54) is 0 Å². The second-order valence-corrected chi connectivity index (χ2v) is 4.98. The topological polar surface area (TPSA) is 49.4 Å². The molecule has 2 unspecified atom stereocenters. The third-order valence-electron chi connectivity index (χ3n) is 3.58. The molecule has 1 N–H and O–H groups in total. The van der Waals surface area contributed by atoms with Crippen LogP contribution in [0.1, 0.15) is 41.0 Å². The van der Waals surface area contributed by atoms with Crippen LogP contribution in [0.25, 0.3) is 0 Å². The maximum Gasteiger partial charge on any atom is 0.246 e. The fourth-order valence-corrected chi connectivity index (χ4v) is 2.12. The number of likely N-dealkylation sites (N-methyl/N-ethyl adjacent to an activating group) is 1. The molecule has 1 rings (SSSR count). The Morgan fingerprint density at radius 3 is 2.38 bits per heavy atom. The molecule has 2 amide bonds. The molecule has 1 saturated heterocycles. The quantitative estimate of drug-likeness (QED) is 0.785. The smallest absolute Gasteiger partial charge is 0.246 e. The number of amides is 2. The molecular weight excluding hydrogens is 204 g/mol. The average Bonchev–Trinajstić information content (AvgIpc) is 2.23. The summed E-state index contributed by atoms with van der Waals surface area (Å²) in [6, 6.07) is -0.356. The average molecular weight is 226 g/mol. The molecule has 1 heterocycles. The van der Waals surface area contributed by atoms with Crippen LogP contribution in [0.2, 0.25) is 0 Å². The van der Waals surface area contributed by atoms with Crippen molar-refractivity contribution in [1.82, 2.24) is 10.2 Å². The van der Waals surface area contributed by atoms with E-state index in [2.05, 4.69) is 5.32 Å². The summed E-state index contributed by atoms with van der Waals surface area (Å²) >= 11 is 0. The first-order valence-electron chi connectivity index (χ1n) is 5.98. The van der Waals surface area contributed by atoms with Crippen LogP contribution < -0.4 is 5.32 Å². The highest BCUT2D eigenvalue weighted by atomic mass is 16.2. The van der Waals surface area contributed by atoms with E-state index < -0.39 is 5.54 Å². The predicted octanol–water partition coefficient (Wildman–Crippen LogP) is 1.16. The second kappa shape index (κ2) is 4.44. The van der Waals surface area contributed by atoms with Crippen LogP contribution in [0.3, 0.4) is 0 Å². The van der Waals surface area contributed by atoms with Crippen LogP contribution in [0.15, 0.2) is 0 Å². The molecule has 0 bridgehead atoms. The van der Waals surface area contributed by atoms with Gasteiger partial charge in [-0.2, -0.15) is 0 Å². The van der Waals surface area contributed by atoms with Crippen LogP contribution in [-0.2, 0) is 9.59 Å². The summed E-state index contributed by atoms with van der Waals surface area (Å²) in [7, 11) is 0. The molecule has 92 valence electrons. The van der Waals surface area contributed by atoms with Crippen molar-refractivity contribution in [3.05, 3.63) is 0 Å². The van der Waals surface area contributed by atoms with Gasteiger partial charge in [0, 0.05) is 6.54 Å². The van der Waals surface area contributed by atoms with Gasteiger partial charge in [-0.1, -0.05) is 20.3 Å². The lowest BCUT2D eigenvalue weighted by atomic mass is 9.89. The molecule has 0 spiro atoms. The molecule has 2 atom stereocenters. The fourth-order valence-electron chi connectivity index (χ4n) is 2.12. The summed E-state index contributed by atoms with van der Waals surface area (Å²) in [5.41, 5.74) is -0.726. The minimum atomic E-state index is -0.726. The Morgan fingerprint density at radius 2 is 1.94 bits per heavy atom. The van der Waals surface area contributed by atoms with Gasteiger partial charge in [-0.3, -0.25) is 9.59 Å². The van der Waals surface area contributed by atoms with E-state index in [4.69, 9.17) is 0 Å². The molecule has 0 aliphatic carbocycles. The third-order valence-corrected chi connectivity index (χ3v) is 3.58. The van der Waals surface area contributed by atoms with Gasteiger partial charge < -0.3 is 10.2 Å². The zero-order chi connectivity index (χ0) is 12.5. The maximum absolute atomic E-state index is 12.2. The lowest BCUT2D eigenvalue weighted by molar-refractivity contribution is -0.156. The number of carbonyl (C=O) groups is 2. The van der Waals surface area contributed by atoms with Gasteiger partial charge in [0.25, 0.3) is 0 Å². The summed E-state index contributed by atoms with van der Waals surface area (Å²) in [6.45, 7) is 10.1. The van der Waals surface area contributed by atoms with Gasteiger partial charge in [-0.05, 0) is 26.7 Å². The lowest BCUT2D eigenvalue weighted by Gasteiger charge is -2.45. The minimum Gasteiger partial charge on any atom is -0.342 e. The van der Waals surface area contributed by atoms with Crippen LogP contribution in [0.5, 0.6) is 0 Å². The van der Waals surface area contributed by atoms with Crippen LogP contribution >= 0.6 is 0 Å². The van der Waals surface area contributed by atoms with E-state index in [9.17, 15) is 9.59 Å². The normalized spacial score (nSPS) is 26.6. The van der Waals surface area contributed by atoms with E-state index in [-0.39, 0.29) is 23.8 Å². The maximum atomic E-state index is 12.2.